The molecule has 1 aromatic heterocycles. The average molecular weight is 334 g/mol. The third kappa shape index (κ3) is 3.08. The number of benzene rings is 1. The van der Waals surface area contributed by atoms with Crippen LogP contribution in [0.4, 0.5) is 17.3 Å². The first kappa shape index (κ1) is 13.3. The van der Waals surface area contributed by atoms with Crippen LogP contribution in [-0.2, 0) is 0 Å². The van der Waals surface area contributed by atoms with Crippen LogP contribution in [0.5, 0.6) is 0 Å². The second-order valence-electron chi connectivity index (χ2n) is 4.60. The number of para-hydroxylation sites is 1. The van der Waals surface area contributed by atoms with Crippen LogP contribution in [0.3, 0.4) is 0 Å². The summed E-state index contributed by atoms with van der Waals surface area (Å²) in [6.45, 7) is 3.95. The Morgan fingerprint density at radius 2 is 1.90 bits per heavy atom. The Labute approximate surface area is 126 Å². The smallest absolute Gasteiger partial charge is 0.149 e. The van der Waals surface area contributed by atoms with Gasteiger partial charge in [0.05, 0.1) is 18.1 Å². The SMILES string of the molecule is Brc1ccccc1Nc1cnc(N2CCNCC2)cn1. The Balaban J connectivity index is 1.71. The van der Waals surface area contributed by atoms with E-state index in [0.717, 1.165) is 48.0 Å². The molecule has 0 unspecified atom stereocenters. The van der Waals surface area contributed by atoms with Crippen LogP contribution in [0.25, 0.3) is 0 Å². The second-order valence-corrected chi connectivity index (χ2v) is 5.46. The van der Waals surface area contributed by atoms with Crippen molar-refractivity contribution in [1.29, 1.82) is 0 Å². The fourth-order valence-corrected chi connectivity index (χ4v) is 2.53. The predicted octanol–water partition coefficient (Wildman–Crippen LogP) is 2.39. The Morgan fingerprint density at radius 3 is 2.60 bits per heavy atom. The lowest BCUT2D eigenvalue weighted by atomic mass is 10.3. The van der Waals surface area contributed by atoms with Gasteiger partial charge in [0.2, 0.25) is 0 Å². The van der Waals surface area contributed by atoms with E-state index in [9.17, 15) is 0 Å². The van der Waals surface area contributed by atoms with E-state index in [4.69, 9.17) is 0 Å². The topological polar surface area (TPSA) is 53.1 Å². The zero-order chi connectivity index (χ0) is 13.8. The maximum atomic E-state index is 4.49. The minimum absolute atomic E-state index is 0.746. The van der Waals surface area contributed by atoms with Crippen molar-refractivity contribution in [3.8, 4) is 0 Å². The molecule has 20 heavy (non-hydrogen) atoms. The zero-order valence-electron chi connectivity index (χ0n) is 11.0. The molecule has 3 rings (SSSR count). The van der Waals surface area contributed by atoms with Crippen molar-refractivity contribution in [1.82, 2.24) is 15.3 Å². The molecule has 0 bridgehead atoms. The molecule has 1 aromatic carbocycles. The van der Waals surface area contributed by atoms with E-state index in [1.54, 1.807) is 6.20 Å². The van der Waals surface area contributed by atoms with Crippen molar-refractivity contribution in [2.45, 2.75) is 0 Å². The molecule has 2 N–H and O–H groups in total. The van der Waals surface area contributed by atoms with Crippen molar-refractivity contribution >= 4 is 33.3 Å². The van der Waals surface area contributed by atoms with E-state index in [2.05, 4.69) is 41.4 Å². The lowest BCUT2D eigenvalue weighted by Crippen LogP contribution is -2.43. The summed E-state index contributed by atoms with van der Waals surface area (Å²) < 4.78 is 1.01. The Morgan fingerprint density at radius 1 is 1.10 bits per heavy atom. The fraction of sp³-hybridized carbons (Fsp3) is 0.286. The van der Waals surface area contributed by atoms with Gasteiger partial charge in [0, 0.05) is 30.7 Å². The molecule has 0 amide bonds. The van der Waals surface area contributed by atoms with Crippen molar-refractivity contribution < 1.29 is 0 Å². The van der Waals surface area contributed by atoms with Crippen LogP contribution in [-0.4, -0.2) is 36.1 Å². The summed E-state index contributed by atoms with van der Waals surface area (Å²) in [5, 5.41) is 6.58. The molecule has 1 saturated heterocycles. The molecule has 2 aromatic rings. The van der Waals surface area contributed by atoms with Gasteiger partial charge >= 0.3 is 0 Å². The summed E-state index contributed by atoms with van der Waals surface area (Å²) in [7, 11) is 0. The third-order valence-corrected chi connectivity index (χ3v) is 3.91. The molecule has 1 aliphatic heterocycles. The first-order chi connectivity index (χ1) is 9.83. The first-order valence-electron chi connectivity index (χ1n) is 6.62. The number of hydrogen-bond acceptors (Lipinski definition) is 5. The van der Waals surface area contributed by atoms with Gasteiger partial charge in [-0.25, -0.2) is 9.97 Å². The van der Waals surface area contributed by atoms with Gasteiger partial charge in [0.15, 0.2) is 0 Å². The first-order valence-corrected chi connectivity index (χ1v) is 7.41. The monoisotopic (exact) mass is 333 g/mol. The molecule has 2 heterocycles. The molecule has 0 saturated carbocycles. The highest BCUT2D eigenvalue weighted by molar-refractivity contribution is 9.10. The number of hydrogen-bond donors (Lipinski definition) is 2. The Hall–Kier alpha value is -1.66. The van der Waals surface area contributed by atoms with Gasteiger partial charge in [-0.1, -0.05) is 12.1 Å². The van der Waals surface area contributed by atoms with Gasteiger partial charge in [-0.05, 0) is 28.1 Å². The normalized spacial score (nSPS) is 15.2. The minimum atomic E-state index is 0.746. The molecule has 5 nitrogen and oxygen atoms in total. The summed E-state index contributed by atoms with van der Waals surface area (Å²) in [6.07, 6.45) is 3.60. The number of piperazine rings is 1. The lowest BCUT2D eigenvalue weighted by molar-refractivity contribution is 0.584. The van der Waals surface area contributed by atoms with Crippen LogP contribution in [0, 0.1) is 0 Å². The molecular weight excluding hydrogens is 318 g/mol. The maximum Gasteiger partial charge on any atom is 0.149 e. The number of nitrogens with zero attached hydrogens (tertiary/aromatic N) is 3. The van der Waals surface area contributed by atoms with Crippen LogP contribution in [0.2, 0.25) is 0 Å². The number of rotatable bonds is 3. The Kier molecular flexibility index (Phi) is 4.13. The summed E-state index contributed by atoms with van der Waals surface area (Å²) in [4.78, 5) is 11.2. The number of anilines is 3. The predicted molar refractivity (Wildman–Crippen MR) is 84.5 cm³/mol. The molecule has 0 spiro atoms. The average Bonchev–Trinajstić information content (AvgIpc) is 2.51. The van der Waals surface area contributed by atoms with Gasteiger partial charge < -0.3 is 15.5 Å². The molecule has 104 valence electrons. The van der Waals surface area contributed by atoms with Crippen molar-refractivity contribution in [2.24, 2.45) is 0 Å². The Bertz CT molecular complexity index is 566. The highest BCUT2D eigenvalue weighted by Crippen LogP contribution is 2.24. The van der Waals surface area contributed by atoms with Gasteiger partial charge in [0.25, 0.3) is 0 Å². The van der Waals surface area contributed by atoms with Crippen LogP contribution in [0.1, 0.15) is 0 Å². The van der Waals surface area contributed by atoms with E-state index in [-0.39, 0.29) is 0 Å². The van der Waals surface area contributed by atoms with Crippen LogP contribution < -0.4 is 15.5 Å². The van der Waals surface area contributed by atoms with Gasteiger partial charge in [-0.2, -0.15) is 0 Å². The molecule has 0 radical (unpaired) electrons. The van der Waals surface area contributed by atoms with Crippen molar-refractivity contribution in [2.75, 3.05) is 36.4 Å². The summed E-state index contributed by atoms with van der Waals surface area (Å²) >= 11 is 3.50. The molecule has 0 atom stereocenters. The van der Waals surface area contributed by atoms with E-state index in [1.807, 2.05) is 30.5 Å². The van der Waals surface area contributed by atoms with Crippen molar-refractivity contribution in [3.63, 3.8) is 0 Å². The minimum Gasteiger partial charge on any atom is -0.353 e. The third-order valence-electron chi connectivity index (χ3n) is 3.22. The maximum absolute atomic E-state index is 4.49. The molecule has 6 heteroatoms. The van der Waals surface area contributed by atoms with Gasteiger partial charge in [-0.3, -0.25) is 0 Å². The van der Waals surface area contributed by atoms with Crippen molar-refractivity contribution in [3.05, 3.63) is 41.1 Å². The summed E-state index contributed by atoms with van der Waals surface area (Å²) in [6, 6.07) is 7.95. The van der Waals surface area contributed by atoms with Gasteiger partial charge in [0.1, 0.15) is 11.6 Å². The van der Waals surface area contributed by atoms with E-state index >= 15 is 0 Å². The van der Waals surface area contributed by atoms with E-state index in [1.165, 1.54) is 0 Å². The zero-order valence-corrected chi connectivity index (χ0v) is 12.6. The lowest BCUT2D eigenvalue weighted by Gasteiger charge is -2.28. The molecule has 1 aliphatic rings. The summed E-state index contributed by atoms with van der Waals surface area (Å²) in [5.41, 5.74) is 0.983. The number of halogens is 1. The van der Waals surface area contributed by atoms with Crippen LogP contribution in [0.15, 0.2) is 41.1 Å². The molecule has 1 fully saturated rings. The highest BCUT2D eigenvalue weighted by Gasteiger charge is 2.11. The second kappa shape index (κ2) is 6.19. The molecular formula is C14H16BrN5. The quantitative estimate of drug-likeness (QED) is 0.903. The number of aromatic nitrogens is 2. The summed E-state index contributed by atoms with van der Waals surface area (Å²) in [5.74, 6) is 1.68. The van der Waals surface area contributed by atoms with Gasteiger partial charge in [-0.15, -0.1) is 0 Å². The number of nitrogens with one attached hydrogen (secondary N) is 2. The standard InChI is InChI=1S/C14H16BrN5/c15-11-3-1-2-4-12(11)19-13-9-18-14(10-17-13)20-7-5-16-6-8-20/h1-4,9-10,16H,5-8H2,(H,17,19). The highest BCUT2D eigenvalue weighted by atomic mass is 79.9. The van der Waals surface area contributed by atoms with E-state index in [0.29, 0.717) is 0 Å². The van der Waals surface area contributed by atoms with E-state index < -0.39 is 0 Å². The molecule has 0 aliphatic carbocycles. The van der Waals surface area contributed by atoms with Crippen LogP contribution >= 0.6 is 15.9 Å². The largest absolute Gasteiger partial charge is 0.353 e. The fourth-order valence-electron chi connectivity index (χ4n) is 2.14.